The number of hydrogen-bond acceptors (Lipinski definition) is 5. The van der Waals surface area contributed by atoms with Crippen molar-refractivity contribution < 1.29 is 9.72 Å². The molecule has 1 amide bonds. The molecule has 2 aromatic rings. The standard InChI is InChI=1S/C21H25N3O3S.ClH/c1-14-5-8-18(9-6-14)28-20-10-7-16(12-19(20)24(26)27)21(25)23-11-3-4-17(13-23)15(2)22;/h5-10,12,15,17H,3-4,11,13,22H2,1-2H3;1H. The Labute approximate surface area is 181 Å². The van der Waals surface area contributed by atoms with Crippen LogP contribution in [0.3, 0.4) is 0 Å². The van der Waals surface area contributed by atoms with Crippen molar-refractivity contribution in [3.05, 3.63) is 63.7 Å². The molecule has 1 aliphatic heterocycles. The summed E-state index contributed by atoms with van der Waals surface area (Å²) in [5.74, 6) is 0.101. The fourth-order valence-electron chi connectivity index (χ4n) is 3.42. The number of likely N-dealkylation sites (tertiary alicyclic amines) is 1. The molecule has 2 aromatic carbocycles. The molecule has 1 fully saturated rings. The summed E-state index contributed by atoms with van der Waals surface area (Å²) in [4.78, 5) is 27.3. The summed E-state index contributed by atoms with van der Waals surface area (Å²) < 4.78 is 0. The van der Waals surface area contributed by atoms with Gasteiger partial charge < -0.3 is 10.6 Å². The molecular formula is C21H26ClN3O3S. The molecule has 0 radical (unpaired) electrons. The summed E-state index contributed by atoms with van der Waals surface area (Å²) in [6.07, 6.45) is 1.91. The van der Waals surface area contributed by atoms with Crippen molar-refractivity contribution in [1.29, 1.82) is 0 Å². The lowest BCUT2D eigenvalue weighted by Gasteiger charge is -2.34. The van der Waals surface area contributed by atoms with E-state index in [0.29, 0.717) is 23.5 Å². The molecule has 6 nitrogen and oxygen atoms in total. The highest BCUT2D eigenvalue weighted by molar-refractivity contribution is 7.99. The quantitative estimate of drug-likeness (QED) is 0.544. The van der Waals surface area contributed by atoms with Gasteiger partial charge in [0.2, 0.25) is 0 Å². The predicted molar refractivity (Wildman–Crippen MR) is 118 cm³/mol. The van der Waals surface area contributed by atoms with Gasteiger partial charge in [-0.05, 0) is 56.9 Å². The first kappa shape index (κ1) is 23.2. The number of carbonyl (C=O) groups excluding carboxylic acids is 1. The molecule has 0 spiro atoms. The van der Waals surface area contributed by atoms with Gasteiger partial charge in [0.1, 0.15) is 0 Å². The number of aryl methyl sites for hydroxylation is 1. The molecule has 0 aliphatic carbocycles. The van der Waals surface area contributed by atoms with E-state index in [1.165, 1.54) is 17.8 Å². The van der Waals surface area contributed by atoms with Crippen LogP contribution in [0.25, 0.3) is 0 Å². The lowest BCUT2D eigenvalue weighted by atomic mass is 9.92. The van der Waals surface area contributed by atoms with Crippen LogP contribution in [-0.4, -0.2) is 34.9 Å². The molecule has 2 unspecified atom stereocenters. The van der Waals surface area contributed by atoms with Crippen LogP contribution in [0.5, 0.6) is 0 Å². The van der Waals surface area contributed by atoms with E-state index >= 15 is 0 Å². The zero-order valence-electron chi connectivity index (χ0n) is 16.5. The van der Waals surface area contributed by atoms with Gasteiger partial charge in [-0.1, -0.05) is 29.5 Å². The van der Waals surface area contributed by atoms with Crippen molar-refractivity contribution in [2.45, 2.75) is 42.5 Å². The van der Waals surface area contributed by atoms with Gasteiger partial charge in [0.15, 0.2) is 0 Å². The number of halogens is 1. The van der Waals surface area contributed by atoms with Gasteiger partial charge in [-0.2, -0.15) is 0 Å². The van der Waals surface area contributed by atoms with Crippen molar-refractivity contribution in [1.82, 2.24) is 4.90 Å². The maximum Gasteiger partial charge on any atom is 0.284 e. The minimum atomic E-state index is -0.422. The summed E-state index contributed by atoms with van der Waals surface area (Å²) in [5.41, 5.74) is 7.44. The molecule has 29 heavy (non-hydrogen) atoms. The largest absolute Gasteiger partial charge is 0.338 e. The number of benzene rings is 2. The third-order valence-electron chi connectivity index (χ3n) is 5.14. The van der Waals surface area contributed by atoms with Gasteiger partial charge in [-0.15, -0.1) is 12.4 Å². The molecule has 2 N–H and O–H groups in total. The molecule has 0 aromatic heterocycles. The highest BCUT2D eigenvalue weighted by atomic mass is 35.5. The summed E-state index contributed by atoms with van der Waals surface area (Å²) in [6.45, 7) is 5.22. The topological polar surface area (TPSA) is 89.5 Å². The molecular weight excluding hydrogens is 410 g/mol. The maximum absolute atomic E-state index is 12.9. The SMILES string of the molecule is Cc1ccc(Sc2ccc(C(=O)N3CCCC(C(C)N)C3)cc2[N+](=O)[O-])cc1.Cl. The number of piperidine rings is 1. The van der Waals surface area contributed by atoms with E-state index in [0.717, 1.165) is 23.3 Å². The van der Waals surface area contributed by atoms with Crippen LogP contribution < -0.4 is 5.73 Å². The van der Waals surface area contributed by atoms with Crippen LogP contribution in [0.15, 0.2) is 52.3 Å². The Morgan fingerprint density at radius 1 is 1.28 bits per heavy atom. The highest BCUT2D eigenvalue weighted by Crippen LogP contribution is 2.36. The summed E-state index contributed by atoms with van der Waals surface area (Å²) in [7, 11) is 0. The Kier molecular flexibility index (Phi) is 8.07. The Morgan fingerprint density at radius 2 is 1.97 bits per heavy atom. The van der Waals surface area contributed by atoms with E-state index in [9.17, 15) is 14.9 Å². The van der Waals surface area contributed by atoms with Gasteiger partial charge in [0.25, 0.3) is 11.6 Å². The second-order valence-corrected chi connectivity index (χ2v) is 8.48. The molecule has 0 saturated carbocycles. The number of hydrogen-bond donors (Lipinski definition) is 1. The Balaban J connectivity index is 0.00000300. The molecule has 2 atom stereocenters. The Bertz CT molecular complexity index is 874. The van der Waals surface area contributed by atoms with Gasteiger partial charge in [-0.25, -0.2) is 0 Å². The average molecular weight is 436 g/mol. The van der Waals surface area contributed by atoms with Crippen molar-refractivity contribution in [2.75, 3.05) is 13.1 Å². The summed E-state index contributed by atoms with van der Waals surface area (Å²) in [6, 6.07) is 12.6. The Hall–Kier alpha value is -2.09. The molecule has 8 heteroatoms. The lowest BCUT2D eigenvalue weighted by molar-refractivity contribution is -0.387. The number of nitro groups is 1. The number of amides is 1. The van der Waals surface area contributed by atoms with Crippen molar-refractivity contribution in [3.63, 3.8) is 0 Å². The number of rotatable bonds is 5. The van der Waals surface area contributed by atoms with Crippen molar-refractivity contribution in [3.8, 4) is 0 Å². The second-order valence-electron chi connectivity index (χ2n) is 7.37. The molecule has 1 saturated heterocycles. The normalized spacial score (nSPS) is 17.3. The minimum Gasteiger partial charge on any atom is -0.338 e. The second kappa shape index (κ2) is 10.1. The summed E-state index contributed by atoms with van der Waals surface area (Å²) >= 11 is 1.33. The van der Waals surface area contributed by atoms with Gasteiger partial charge in [0.05, 0.1) is 9.82 Å². The van der Waals surface area contributed by atoms with E-state index in [1.807, 2.05) is 38.1 Å². The van der Waals surface area contributed by atoms with Gasteiger partial charge in [0, 0.05) is 35.7 Å². The average Bonchev–Trinajstić information content (AvgIpc) is 2.69. The zero-order chi connectivity index (χ0) is 20.3. The first-order valence-electron chi connectivity index (χ1n) is 9.43. The molecule has 156 valence electrons. The van der Waals surface area contributed by atoms with Crippen LogP contribution in [0.4, 0.5) is 5.69 Å². The molecule has 1 heterocycles. The van der Waals surface area contributed by atoms with E-state index in [1.54, 1.807) is 17.0 Å². The van der Waals surface area contributed by atoms with Crippen molar-refractivity contribution >= 4 is 35.8 Å². The van der Waals surface area contributed by atoms with Crippen LogP contribution in [0, 0.1) is 23.0 Å². The smallest absolute Gasteiger partial charge is 0.284 e. The Morgan fingerprint density at radius 3 is 2.59 bits per heavy atom. The summed E-state index contributed by atoms with van der Waals surface area (Å²) in [5, 5.41) is 11.6. The number of nitrogens with zero attached hydrogens (tertiary/aromatic N) is 2. The minimum absolute atomic E-state index is 0. The van der Waals surface area contributed by atoms with Crippen LogP contribution in [0.1, 0.15) is 35.7 Å². The third-order valence-corrected chi connectivity index (χ3v) is 6.21. The third kappa shape index (κ3) is 5.72. The van der Waals surface area contributed by atoms with Gasteiger partial charge in [-0.3, -0.25) is 14.9 Å². The van der Waals surface area contributed by atoms with Crippen molar-refractivity contribution in [2.24, 2.45) is 11.7 Å². The zero-order valence-corrected chi connectivity index (χ0v) is 18.2. The highest BCUT2D eigenvalue weighted by Gasteiger charge is 2.28. The molecule has 1 aliphatic rings. The number of carbonyl (C=O) groups is 1. The fourth-order valence-corrected chi connectivity index (χ4v) is 4.32. The first-order chi connectivity index (χ1) is 13.3. The van der Waals surface area contributed by atoms with Crippen LogP contribution in [0.2, 0.25) is 0 Å². The molecule has 0 bridgehead atoms. The molecule has 3 rings (SSSR count). The van der Waals surface area contributed by atoms with E-state index in [4.69, 9.17) is 5.73 Å². The van der Waals surface area contributed by atoms with Crippen LogP contribution >= 0.6 is 24.2 Å². The van der Waals surface area contributed by atoms with E-state index in [-0.39, 0.29) is 36.0 Å². The maximum atomic E-state index is 12.9. The first-order valence-corrected chi connectivity index (χ1v) is 10.2. The van der Waals surface area contributed by atoms with Gasteiger partial charge >= 0.3 is 0 Å². The number of nitro benzene ring substituents is 1. The van der Waals surface area contributed by atoms with E-state index in [2.05, 4.69) is 0 Å². The lowest BCUT2D eigenvalue weighted by Crippen LogP contribution is -2.45. The predicted octanol–water partition coefficient (Wildman–Crippen LogP) is 4.68. The number of nitrogens with two attached hydrogens (primary N) is 1. The monoisotopic (exact) mass is 435 g/mol. The van der Waals surface area contributed by atoms with Crippen LogP contribution in [-0.2, 0) is 0 Å². The fraction of sp³-hybridized carbons (Fsp3) is 0.381. The van der Waals surface area contributed by atoms with E-state index < -0.39 is 4.92 Å².